The number of hydrogen-bond donors (Lipinski definition) is 2. The summed E-state index contributed by atoms with van der Waals surface area (Å²) in [5, 5.41) is 23.0. The molecule has 2 rings (SSSR count). The van der Waals surface area contributed by atoms with Gasteiger partial charge in [-0.1, -0.05) is 27.7 Å². The van der Waals surface area contributed by atoms with E-state index in [1.807, 2.05) is 27.7 Å². The van der Waals surface area contributed by atoms with Gasteiger partial charge in [0.25, 0.3) is 6.29 Å². The third kappa shape index (κ3) is 5.74. The summed E-state index contributed by atoms with van der Waals surface area (Å²) in [5.74, 6) is -3.34. The van der Waals surface area contributed by atoms with Crippen molar-refractivity contribution >= 4 is 29.5 Å². The van der Waals surface area contributed by atoms with Gasteiger partial charge in [0.15, 0.2) is 0 Å². The Bertz CT molecular complexity index is 750. The van der Waals surface area contributed by atoms with Crippen LogP contribution < -0.4 is 0 Å². The molecule has 0 bridgehead atoms. The van der Waals surface area contributed by atoms with Crippen molar-refractivity contribution in [3.05, 3.63) is 11.8 Å². The van der Waals surface area contributed by atoms with E-state index in [1.165, 1.54) is 6.92 Å². The Kier molecular flexibility index (Phi) is 8.58. The zero-order chi connectivity index (χ0) is 24.3. The molecule has 1 heterocycles. The first kappa shape index (κ1) is 26.4. The lowest BCUT2D eigenvalue weighted by molar-refractivity contribution is -0.228. The Morgan fingerprint density at radius 1 is 1.12 bits per heavy atom. The molecule has 10 heteroatoms. The maximum Gasteiger partial charge on any atom is 0.309 e. The molecule has 32 heavy (non-hydrogen) atoms. The molecule has 9 nitrogen and oxygen atoms in total. The Morgan fingerprint density at radius 2 is 1.72 bits per heavy atom. The Hall–Kier alpha value is -1.84. The molecule has 0 amide bonds. The lowest BCUT2D eigenvalue weighted by Crippen LogP contribution is -2.58. The standard InChI is InChI=1S/C22H33ClO9/c1-12(2)6-17(25)29-9-15-10-30-20(32-18(26)7-13(3)4)19-21(15,27)8-16(31-14(5)24)22(19,28)11-23/h10,12-13,16,19-20,27-28H,6-9,11H2,1-5H3/t16-,19+,20+,21-,22+/m0/s1. The van der Waals surface area contributed by atoms with Crippen molar-refractivity contribution in [1.29, 1.82) is 0 Å². The van der Waals surface area contributed by atoms with Crippen LogP contribution in [0.15, 0.2) is 11.8 Å². The number of halogens is 1. The predicted molar refractivity (Wildman–Crippen MR) is 113 cm³/mol. The minimum absolute atomic E-state index is 0.0146. The van der Waals surface area contributed by atoms with E-state index in [0.29, 0.717) is 0 Å². The fraction of sp³-hybridized carbons (Fsp3) is 0.773. The zero-order valence-corrected chi connectivity index (χ0v) is 19.9. The first-order chi connectivity index (χ1) is 14.8. The van der Waals surface area contributed by atoms with Crippen molar-refractivity contribution in [2.24, 2.45) is 17.8 Å². The molecule has 0 saturated heterocycles. The van der Waals surface area contributed by atoms with Gasteiger partial charge in [-0.25, -0.2) is 0 Å². The van der Waals surface area contributed by atoms with Crippen LogP contribution in [-0.4, -0.2) is 64.2 Å². The van der Waals surface area contributed by atoms with Gasteiger partial charge in [-0.05, 0) is 11.8 Å². The number of rotatable bonds is 9. The van der Waals surface area contributed by atoms with Crippen LogP contribution in [0.2, 0.25) is 0 Å². The normalized spacial score (nSPS) is 31.6. The number of aliphatic hydroxyl groups is 2. The predicted octanol–water partition coefficient (Wildman–Crippen LogP) is 2.06. The Labute approximate surface area is 193 Å². The summed E-state index contributed by atoms with van der Waals surface area (Å²) < 4.78 is 21.5. The van der Waals surface area contributed by atoms with E-state index < -0.39 is 53.3 Å². The van der Waals surface area contributed by atoms with Crippen LogP contribution in [0, 0.1) is 17.8 Å². The molecular formula is C22H33ClO9. The van der Waals surface area contributed by atoms with Crippen molar-refractivity contribution < 1.29 is 43.5 Å². The molecule has 0 radical (unpaired) electrons. The summed E-state index contributed by atoms with van der Waals surface area (Å²) in [5.41, 5.74) is -3.68. The number of ether oxygens (including phenoxy) is 4. The van der Waals surface area contributed by atoms with Gasteiger partial charge in [-0.2, -0.15) is 0 Å². The van der Waals surface area contributed by atoms with Crippen molar-refractivity contribution in [1.82, 2.24) is 0 Å². The molecule has 5 atom stereocenters. The highest BCUT2D eigenvalue weighted by molar-refractivity contribution is 6.18. The third-order valence-electron chi connectivity index (χ3n) is 5.59. The van der Waals surface area contributed by atoms with E-state index in [-0.39, 0.29) is 43.3 Å². The topological polar surface area (TPSA) is 129 Å². The van der Waals surface area contributed by atoms with Crippen LogP contribution in [0.25, 0.3) is 0 Å². The fourth-order valence-corrected chi connectivity index (χ4v) is 4.49. The molecule has 0 spiro atoms. The van der Waals surface area contributed by atoms with Crippen molar-refractivity contribution in [3.8, 4) is 0 Å². The lowest BCUT2D eigenvalue weighted by Gasteiger charge is -2.43. The second kappa shape index (κ2) is 10.4. The van der Waals surface area contributed by atoms with Gasteiger partial charge < -0.3 is 29.2 Å². The van der Waals surface area contributed by atoms with Crippen molar-refractivity contribution in [2.45, 2.75) is 77.5 Å². The second-order valence-electron chi connectivity index (χ2n) is 9.32. The van der Waals surface area contributed by atoms with E-state index in [4.69, 9.17) is 30.5 Å². The van der Waals surface area contributed by atoms with Crippen LogP contribution in [0.5, 0.6) is 0 Å². The highest BCUT2D eigenvalue weighted by Gasteiger charge is 2.69. The highest BCUT2D eigenvalue weighted by atomic mass is 35.5. The molecule has 2 aliphatic rings. The number of carbonyl (C=O) groups excluding carboxylic acids is 3. The highest BCUT2D eigenvalue weighted by Crippen LogP contribution is 2.53. The van der Waals surface area contributed by atoms with Crippen LogP contribution in [0.4, 0.5) is 0 Å². The van der Waals surface area contributed by atoms with Gasteiger partial charge in [0.1, 0.15) is 23.9 Å². The summed E-state index contributed by atoms with van der Waals surface area (Å²) in [6, 6.07) is 0. The molecule has 182 valence electrons. The van der Waals surface area contributed by atoms with Gasteiger partial charge in [0.05, 0.1) is 18.1 Å². The van der Waals surface area contributed by atoms with Gasteiger partial charge >= 0.3 is 17.9 Å². The average Bonchev–Trinajstić information content (AvgIpc) is 2.87. The number of esters is 3. The SMILES string of the molecule is CC(=O)O[C@H]1C[C@]2(O)C(COC(=O)CC(C)C)=CO[C@H](OC(=O)CC(C)C)[C@H]2[C@@]1(O)CCl. The van der Waals surface area contributed by atoms with Crippen molar-refractivity contribution in [2.75, 3.05) is 12.5 Å². The van der Waals surface area contributed by atoms with E-state index in [9.17, 15) is 24.6 Å². The molecular weight excluding hydrogens is 444 g/mol. The number of carbonyl (C=O) groups is 3. The molecule has 1 fully saturated rings. The summed E-state index contributed by atoms with van der Waals surface area (Å²) in [6.45, 7) is 8.27. The minimum atomic E-state index is -1.97. The smallest absolute Gasteiger partial charge is 0.309 e. The molecule has 2 N–H and O–H groups in total. The average molecular weight is 477 g/mol. The van der Waals surface area contributed by atoms with Crippen LogP contribution in [-0.2, 0) is 33.3 Å². The number of fused-ring (bicyclic) bond motifs is 1. The van der Waals surface area contributed by atoms with E-state index in [0.717, 1.165) is 6.26 Å². The van der Waals surface area contributed by atoms with Gasteiger partial charge in [0.2, 0.25) is 0 Å². The maximum absolute atomic E-state index is 12.3. The number of alkyl halides is 1. The molecule has 0 unspecified atom stereocenters. The molecule has 0 aromatic carbocycles. The third-order valence-corrected chi connectivity index (χ3v) is 6.02. The Balaban J connectivity index is 2.37. The van der Waals surface area contributed by atoms with Crippen LogP contribution >= 0.6 is 11.6 Å². The van der Waals surface area contributed by atoms with E-state index in [2.05, 4.69) is 0 Å². The van der Waals surface area contributed by atoms with E-state index >= 15 is 0 Å². The Morgan fingerprint density at radius 3 is 2.25 bits per heavy atom. The summed E-state index contributed by atoms with van der Waals surface area (Å²) in [4.78, 5) is 36.0. The van der Waals surface area contributed by atoms with Crippen LogP contribution in [0.3, 0.4) is 0 Å². The van der Waals surface area contributed by atoms with Crippen LogP contribution in [0.1, 0.15) is 53.9 Å². The largest absolute Gasteiger partial charge is 0.462 e. The molecule has 0 aromatic rings. The lowest BCUT2D eigenvalue weighted by atomic mass is 9.77. The van der Waals surface area contributed by atoms with Crippen molar-refractivity contribution in [3.63, 3.8) is 0 Å². The zero-order valence-electron chi connectivity index (χ0n) is 19.1. The maximum atomic E-state index is 12.3. The van der Waals surface area contributed by atoms with Gasteiger partial charge in [-0.3, -0.25) is 14.4 Å². The summed E-state index contributed by atoms with van der Waals surface area (Å²) in [6.07, 6.45) is -1.37. The van der Waals surface area contributed by atoms with Gasteiger partial charge in [0, 0.05) is 31.8 Å². The first-order valence-corrected chi connectivity index (χ1v) is 11.2. The monoisotopic (exact) mass is 476 g/mol. The minimum Gasteiger partial charge on any atom is -0.462 e. The fourth-order valence-electron chi connectivity index (χ4n) is 4.15. The molecule has 1 aliphatic carbocycles. The van der Waals surface area contributed by atoms with Gasteiger partial charge in [-0.15, -0.1) is 11.6 Å². The second-order valence-corrected chi connectivity index (χ2v) is 9.59. The summed E-state index contributed by atoms with van der Waals surface area (Å²) >= 11 is 6.07. The summed E-state index contributed by atoms with van der Waals surface area (Å²) in [7, 11) is 0. The molecule has 1 saturated carbocycles. The number of hydrogen-bond acceptors (Lipinski definition) is 9. The first-order valence-electron chi connectivity index (χ1n) is 10.7. The molecule has 0 aromatic heterocycles. The molecule has 1 aliphatic heterocycles. The van der Waals surface area contributed by atoms with E-state index in [1.54, 1.807) is 0 Å². The quantitative estimate of drug-likeness (QED) is 0.292.